The van der Waals surface area contributed by atoms with Gasteiger partial charge in [0.15, 0.2) is 5.82 Å². The zero-order chi connectivity index (χ0) is 28.0. The first-order chi connectivity index (χ1) is 18.6. The van der Waals surface area contributed by atoms with Crippen LogP contribution in [0, 0.1) is 5.82 Å². The van der Waals surface area contributed by atoms with Crippen molar-refractivity contribution in [2.45, 2.75) is 51.5 Å². The van der Waals surface area contributed by atoms with Crippen molar-refractivity contribution in [1.29, 1.82) is 0 Å². The van der Waals surface area contributed by atoms with Crippen LogP contribution in [0.4, 0.5) is 28.9 Å². The van der Waals surface area contributed by atoms with Gasteiger partial charge in [0.2, 0.25) is 5.91 Å². The van der Waals surface area contributed by atoms with E-state index in [-0.39, 0.29) is 11.9 Å². The SMILES string of the molecule is CC(C)N1CCC(N(Cc2cccc(Nc3ccncc3F)c2)C(=O)C=Cc2ccc(C(F)(F)F)cc2)CC1. The monoisotopic (exact) mass is 540 g/mol. The van der Waals surface area contributed by atoms with Gasteiger partial charge in [-0.1, -0.05) is 24.3 Å². The summed E-state index contributed by atoms with van der Waals surface area (Å²) in [5, 5.41) is 3.06. The highest BCUT2D eigenvalue weighted by molar-refractivity contribution is 5.92. The molecule has 1 aliphatic heterocycles. The molecule has 3 aromatic rings. The number of alkyl halides is 3. The van der Waals surface area contributed by atoms with Gasteiger partial charge < -0.3 is 15.1 Å². The van der Waals surface area contributed by atoms with Crippen molar-refractivity contribution in [2.75, 3.05) is 18.4 Å². The Kier molecular flexibility index (Phi) is 9.01. The van der Waals surface area contributed by atoms with E-state index in [1.807, 2.05) is 29.2 Å². The quantitative estimate of drug-likeness (QED) is 0.250. The molecule has 0 saturated carbocycles. The molecule has 0 unspecified atom stereocenters. The molecule has 1 fully saturated rings. The third-order valence-corrected chi connectivity index (χ3v) is 6.94. The maximum Gasteiger partial charge on any atom is 0.416 e. The van der Waals surface area contributed by atoms with E-state index >= 15 is 0 Å². The average molecular weight is 541 g/mol. The second kappa shape index (κ2) is 12.4. The molecule has 0 radical (unpaired) electrons. The topological polar surface area (TPSA) is 48.5 Å². The molecular formula is C30H32F4N4O. The Morgan fingerprint density at radius 3 is 2.49 bits per heavy atom. The smallest absolute Gasteiger partial charge is 0.353 e. The number of carbonyl (C=O) groups is 1. The third kappa shape index (κ3) is 7.66. The van der Waals surface area contributed by atoms with E-state index in [9.17, 15) is 22.4 Å². The van der Waals surface area contributed by atoms with Crippen molar-refractivity contribution in [3.8, 4) is 0 Å². The standard InChI is InChI=1S/C30H32F4N4O/c1-21(2)37-16-13-26(14-17-37)38(29(39)11-8-22-6-9-24(10-7-22)30(32,33)34)20-23-4-3-5-25(18-23)36-28-12-15-35-19-27(28)31/h3-12,15,18-19,21,26H,13-14,16-17,20H2,1-2H3,(H,35,36). The van der Waals surface area contributed by atoms with Gasteiger partial charge in [-0.05, 0) is 74.2 Å². The minimum absolute atomic E-state index is 0.0130. The molecule has 9 heteroatoms. The van der Waals surface area contributed by atoms with Crippen LogP contribution in [0.1, 0.15) is 43.4 Å². The lowest BCUT2D eigenvalue weighted by Crippen LogP contribution is -2.48. The van der Waals surface area contributed by atoms with E-state index < -0.39 is 17.6 Å². The summed E-state index contributed by atoms with van der Waals surface area (Å²) in [6.45, 7) is 6.40. The first-order valence-electron chi connectivity index (χ1n) is 13.0. The van der Waals surface area contributed by atoms with Crippen molar-refractivity contribution in [2.24, 2.45) is 0 Å². The van der Waals surface area contributed by atoms with Gasteiger partial charge in [-0.25, -0.2) is 4.39 Å². The van der Waals surface area contributed by atoms with Gasteiger partial charge in [-0.2, -0.15) is 13.2 Å². The number of piperidine rings is 1. The van der Waals surface area contributed by atoms with Gasteiger partial charge in [-0.15, -0.1) is 0 Å². The van der Waals surface area contributed by atoms with E-state index in [4.69, 9.17) is 0 Å². The number of nitrogens with zero attached hydrogens (tertiary/aromatic N) is 3. The van der Waals surface area contributed by atoms with Crippen molar-refractivity contribution in [3.05, 3.63) is 95.6 Å². The summed E-state index contributed by atoms with van der Waals surface area (Å²) in [4.78, 5) is 21.4. The average Bonchev–Trinajstić information content (AvgIpc) is 2.92. The fourth-order valence-electron chi connectivity index (χ4n) is 4.72. The van der Waals surface area contributed by atoms with Crippen LogP contribution in [0.25, 0.3) is 6.08 Å². The van der Waals surface area contributed by atoms with Gasteiger partial charge in [0, 0.05) is 49.7 Å². The second-order valence-electron chi connectivity index (χ2n) is 9.96. The van der Waals surface area contributed by atoms with Crippen LogP contribution in [-0.2, 0) is 17.5 Å². The van der Waals surface area contributed by atoms with Gasteiger partial charge in [0.25, 0.3) is 0 Å². The molecule has 1 N–H and O–H groups in total. The summed E-state index contributed by atoms with van der Waals surface area (Å²) in [5.41, 5.74) is 1.63. The van der Waals surface area contributed by atoms with Crippen molar-refractivity contribution < 1.29 is 22.4 Å². The molecule has 0 atom stereocenters. The molecule has 2 heterocycles. The molecule has 0 bridgehead atoms. The summed E-state index contributed by atoms with van der Waals surface area (Å²) >= 11 is 0. The number of aromatic nitrogens is 1. The first kappa shape index (κ1) is 28.3. The minimum Gasteiger partial charge on any atom is -0.353 e. The van der Waals surface area contributed by atoms with Gasteiger partial charge in [-0.3, -0.25) is 9.78 Å². The number of nitrogens with one attached hydrogen (secondary N) is 1. The van der Waals surface area contributed by atoms with Crippen LogP contribution in [0.3, 0.4) is 0 Å². The van der Waals surface area contributed by atoms with Gasteiger partial charge in [0.1, 0.15) is 0 Å². The molecule has 1 amide bonds. The first-order valence-corrected chi connectivity index (χ1v) is 13.0. The van der Waals surface area contributed by atoms with E-state index in [0.717, 1.165) is 49.8 Å². The Labute approximate surface area is 226 Å². The summed E-state index contributed by atoms with van der Waals surface area (Å²) in [5.74, 6) is -0.679. The number of hydrogen-bond donors (Lipinski definition) is 1. The highest BCUT2D eigenvalue weighted by Gasteiger charge is 2.30. The van der Waals surface area contributed by atoms with Crippen molar-refractivity contribution >= 4 is 23.4 Å². The van der Waals surface area contributed by atoms with Crippen LogP contribution in [0.5, 0.6) is 0 Å². The minimum atomic E-state index is -4.41. The molecule has 1 saturated heterocycles. The maximum absolute atomic E-state index is 14.1. The van der Waals surface area contributed by atoms with Gasteiger partial charge in [0.05, 0.1) is 17.4 Å². The van der Waals surface area contributed by atoms with Crippen LogP contribution in [0.15, 0.2) is 73.1 Å². The molecule has 4 rings (SSSR count). The lowest BCUT2D eigenvalue weighted by atomic mass is 10.0. The molecule has 206 valence electrons. The number of anilines is 2. The lowest BCUT2D eigenvalue weighted by molar-refractivity contribution is -0.137. The van der Waals surface area contributed by atoms with Gasteiger partial charge >= 0.3 is 6.18 Å². The molecule has 1 aliphatic rings. The lowest BCUT2D eigenvalue weighted by Gasteiger charge is -2.39. The highest BCUT2D eigenvalue weighted by atomic mass is 19.4. The van der Waals surface area contributed by atoms with Crippen molar-refractivity contribution in [1.82, 2.24) is 14.8 Å². The van der Waals surface area contributed by atoms with E-state index in [1.165, 1.54) is 24.4 Å². The zero-order valence-electron chi connectivity index (χ0n) is 22.0. The van der Waals surface area contributed by atoms with Crippen LogP contribution < -0.4 is 5.32 Å². The molecule has 2 aromatic carbocycles. The fourth-order valence-corrected chi connectivity index (χ4v) is 4.72. The van der Waals surface area contributed by atoms with E-state index in [2.05, 4.69) is 29.0 Å². The maximum atomic E-state index is 14.1. The number of halogens is 4. The molecular weight excluding hydrogens is 508 g/mol. The Morgan fingerprint density at radius 1 is 1.13 bits per heavy atom. The predicted octanol–water partition coefficient (Wildman–Crippen LogP) is 6.90. The molecule has 0 spiro atoms. The van der Waals surface area contributed by atoms with E-state index in [1.54, 1.807) is 12.1 Å². The van der Waals surface area contributed by atoms with Crippen LogP contribution in [-0.4, -0.2) is 45.9 Å². The largest absolute Gasteiger partial charge is 0.416 e. The number of rotatable bonds is 8. The summed E-state index contributed by atoms with van der Waals surface area (Å²) in [6, 6.07) is 14.2. The number of carbonyl (C=O) groups excluding carboxylic acids is 1. The van der Waals surface area contributed by atoms with Crippen LogP contribution in [0.2, 0.25) is 0 Å². The Hall–Kier alpha value is -3.72. The normalized spacial score (nSPS) is 15.2. The number of benzene rings is 2. The highest BCUT2D eigenvalue weighted by Crippen LogP contribution is 2.29. The number of amides is 1. The molecule has 1 aromatic heterocycles. The van der Waals surface area contributed by atoms with E-state index in [0.29, 0.717) is 29.5 Å². The fraction of sp³-hybridized carbons (Fsp3) is 0.333. The molecule has 5 nitrogen and oxygen atoms in total. The molecule has 39 heavy (non-hydrogen) atoms. The predicted molar refractivity (Wildman–Crippen MR) is 145 cm³/mol. The number of pyridine rings is 1. The number of likely N-dealkylation sites (tertiary alicyclic amines) is 1. The van der Waals surface area contributed by atoms with Crippen molar-refractivity contribution in [3.63, 3.8) is 0 Å². The zero-order valence-corrected chi connectivity index (χ0v) is 22.0. The Balaban J connectivity index is 1.53. The summed E-state index contributed by atoms with van der Waals surface area (Å²) < 4.78 is 52.8. The summed E-state index contributed by atoms with van der Waals surface area (Å²) in [7, 11) is 0. The number of hydrogen-bond acceptors (Lipinski definition) is 4. The van der Waals surface area contributed by atoms with Crippen LogP contribution >= 0.6 is 0 Å². The third-order valence-electron chi connectivity index (χ3n) is 6.94. The molecule has 0 aliphatic carbocycles. The second-order valence-corrected chi connectivity index (χ2v) is 9.96. The summed E-state index contributed by atoms with van der Waals surface area (Å²) in [6.07, 6.45) is 2.83. The Bertz CT molecular complexity index is 1280. The Morgan fingerprint density at radius 2 is 1.85 bits per heavy atom.